The summed E-state index contributed by atoms with van der Waals surface area (Å²) in [5, 5.41) is 8.45. The van der Waals surface area contributed by atoms with Crippen LogP contribution in [0.5, 0.6) is 0 Å². The second kappa shape index (κ2) is 6.46. The first-order chi connectivity index (χ1) is 7.65. The lowest BCUT2D eigenvalue weighted by Crippen LogP contribution is -2.48. The zero-order valence-electron chi connectivity index (χ0n) is 9.98. The van der Waals surface area contributed by atoms with Crippen LogP contribution in [0.25, 0.3) is 0 Å². The number of nitrogens with zero attached hydrogens (tertiary/aromatic N) is 3. The highest BCUT2D eigenvalue weighted by molar-refractivity contribution is 5.78. The lowest BCUT2D eigenvalue weighted by Gasteiger charge is -2.33. The molecule has 0 spiro atoms. The molecule has 1 fully saturated rings. The third kappa shape index (κ3) is 3.80. The Bertz CT molecular complexity index is 275. The monoisotopic (exact) mass is 225 g/mol. The van der Waals surface area contributed by atoms with Crippen molar-refractivity contribution in [2.75, 3.05) is 39.9 Å². The number of rotatable bonds is 4. The van der Waals surface area contributed by atoms with Gasteiger partial charge in [0.1, 0.15) is 0 Å². The highest BCUT2D eigenvalue weighted by Crippen LogP contribution is 2.06. The normalized spacial score (nSPS) is 21.4. The number of nitriles is 1. The second-order valence-corrected chi connectivity index (χ2v) is 4.12. The summed E-state index contributed by atoms with van der Waals surface area (Å²) in [6.07, 6.45) is 0.390. The standard InChI is InChI=1S/C11H19N3O2/c1-10-9-16-7-6-14(10)8-11(15)13(2)5-3-4-12/h10H,3,5-9H2,1-2H3. The molecule has 1 rings (SSSR count). The van der Waals surface area contributed by atoms with Crippen molar-refractivity contribution in [2.24, 2.45) is 0 Å². The van der Waals surface area contributed by atoms with E-state index in [0.29, 0.717) is 38.8 Å². The number of morpholine rings is 1. The summed E-state index contributed by atoms with van der Waals surface area (Å²) in [5.74, 6) is 0.0731. The van der Waals surface area contributed by atoms with Crippen LogP contribution in [-0.4, -0.2) is 61.6 Å². The van der Waals surface area contributed by atoms with Crippen LogP contribution < -0.4 is 0 Å². The summed E-state index contributed by atoms with van der Waals surface area (Å²) in [6, 6.07) is 2.33. The third-order valence-electron chi connectivity index (χ3n) is 2.83. The molecule has 0 radical (unpaired) electrons. The highest BCUT2D eigenvalue weighted by Gasteiger charge is 2.22. The average Bonchev–Trinajstić information content (AvgIpc) is 2.28. The summed E-state index contributed by atoms with van der Waals surface area (Å²) in [7, 11) is 1.74. The van der Waals surface area contributed by atoms with Gasteiger partial charge in [0.25, 0.3) is 0 Å². The Morgan fingerprint density at radius 3 is 3.06 bits per heavy atom. The van der Waals surface area contributed by atoms with E-state index >= 15 is 0 Å². The minimum atomic E-state index is 0.0731. The third-order valence-corrected chi connectivity index (χ3v) is 2.83. The maximum Gasteiger partial charge on any atom is 0.236 e. The van der Waals surface area contributed by atoms with E-state index in [-0.39, 0.29) is 5.91 Å². The van der Waals surface area contributed by atoms with Gasteiger partial charge in [0.05, 0.1) is 32.2 Å². The highest BCUT2D eigenvalue weighted by atomic mass is 16.5. The molecule has 1 aliphatic heterocycles. The van der Waals surface area contributed by atoms with Crippen LogP contribution in [0, 0.1) is 11.3 Å². The Morgan fingerprint density at radius 1 is 1.69 bits per heavy atom. The number of amides is 1. The van der Waals surface area contributed by atoms with Gasteiger partial charge in [0.15, 0.2) is 0 Å². The van der Waals surface area contributed by atoms with E-state index in [2.05, 4.69) is 11.8 Å². The molecule has 1 atom stereocenters. The topological polar surface area (TPSA) is 56.6 Å². The number of ether oxygens (including phenoxy) is 1. The molecule has 0 bridgehead atoms. The van der Waals surface area contributed by atoms with Crippen LogP contribution in [0.3, 0.4) is 0 Å². The molecular formula is C11H19N3O2. The molecule has 0 N–H and O–H groups in total. The largest absolute Gasteiger partial charge is 0.379 e. The van der Waals surface area contributed by atoms with Crippen LogP contribution in [0.1, 0.15) is 13.3 Å². The summed E-state index contributed by atoms with van der Waals surface area (Å²) >= 11 is 0. The second-order valence-electron chi connectivity index (χ2n) is 4.12. The van der Waals surface area contributed by atoms with Crippen molar-refractivity contribution in [3.8, 4) is 6.07 Å². The van der Waals surface area contributed by atoms with E-state index in [9.17, 15) is 4.79 Å². The number of hydrogen-bond acceptors (Lipinski definition) is 4. The van der Waals surface area contributed by atoms with Crippen molar-refractivity contribution >= 4 is 5.91 Å². The van der Waals surface area contributed by atoms with Crippen LogP contribution in [0.4, 0.5) is 0 Å². The van der Waals surface area contributed by atoms with Gasteiger partial charge in [-0.25, -0.2) is 0 Å². The minimum Gasteiger partial charge on any atom is -0.379 e. The molecule has 0 aromatic heterocycles. The van der Waals surface area contributed by atoms with Crippen molar-refractivity contribution in [1.29, 1.82) is 5.26 Å². The van der Waals surface area contributed by atoms with Crippen molar-refractivity contribution < 1.29 is 9.53 Å². The molecule has 1 unspecified atom stereocenters. The molecule has 0 saturated carbocycles. The molecule has 1 aliphatic rings. The van der Waals surface area contributed by atoms with Gasteiger partial charge in [-0.1, -0.05) is 0 Å². The number of carbonyl (C=O) groups is 1. The summed E-state index contributed by atoms with van der Waals surface area (Å²) in [4.78, 5) is 15.5. The molecule has 1 amide bonds. The predicted molar refractivity (Wildman–Crippen MR) is 59.7 cm³/mol. The zero-order valence-corrected chi connectivity index (χ0v) is 9.98. The van der Waals surface area contributed by atoms with E-state index in [1.54, 1.807) is 11.9 Å². The lowest BCUT2D eigenvalue weighted by atomic mass is 10.2. The maximum atomic E-state index is 11.8. The van der Waals surface area contributed by atoms with E-state index in [4.69, 9.17) is 10.00 Å². The van der Waals surface area contributed by atoms with Crippen molar-refractivity contribution in [3.05, 3.63) is 0 Å². The Balaban J connectivity index is 2.35. The van der Waals surface area contributed by atoms with Gasteiger partial charge in [-0.3, -0.25) is 9.69 Å². The summed E-state index contributed by atoms with van der Waals surface area (Å²) in [5.41, 5.74) is 0. The van der Waals surface area contributed by atoms with Gasteiger partial charge in [0.2, 0.25) is 5.91 Å². The molecule has 5 nitrogen and oxygen atoms in total. The predicted octanol–water partition coefficient (Wildman–Crippen LogP) is 0.0792. The van der Waals surface area contributed by atoms with E-state index < -0.39 is 0 Å². The number of hydrogen-bond donors (Lipinski definition) is 0. The Morgan fingerprint density at radius 2 is 2.44 bits per heavy atom. The van der Waals surface area contributed by atoms with Gasteiger partial charge in [-0.2, -0.15) is 5.26 Å². The fourth-order valence-corrected chi connectivity index (χ4v) is 1.63. The smallest absolute Gasteiger partial charge is 0.236 e. The van der Waals surface area contributed by atoms with Crippen molar-refractivity contribution in [2.45, 2.75) is 19.4 Å². The lowest BCUT2D eigenvalue weighted by molar-refractivity contribution is -0.133. The fourth-order valence-electron chi connectivity index (χ4n) is 1.63. The van der Waals surface area contributed by atoms with Crippen LogP contribution in [0.2, 0.25) is 0 Å². The first-order valence-corrected chi connectivity index (χ1v) is 5.58. The first kappa shape index (κ1) is 12.9. The molecule has 0 aliphatic carbocycles. The molecule has 16 heavy (non-hydrogen) atoms. The van der Waals surface area contributed by atoms with Gasteiger partial charge in [0, 0.05) is 26.2 Å². The molecule has 1 saturated heterocycles. The van der Waals surface area contributed by atoms with Gasteiger partial charge in [-0.05, 0) is 6.92 Å². The minimum absolute atomic E-state index is 0.0731. The van der Waals surface area contributed by atoms with E-state index in [0.717, 1.165) is 6.54 Å². The summed E-state index contributed by atoms with van der Waals surface area (Å²) in [6.45, 7) is 5.18. The zero-order chi connectivity index (χ0) is 12.0. The average molecular weight is 225 g/mol. The molecule has 0 aromatic carbocycles. The molecule has 5 heteroatoms. The van der Waals surface area contributed by atoms with Gasteiger partial charge >= 0.3 is 0 Å². The Labute approximate surface area is 96.6 Å². The van der Waals surface area contributed by atoms with Crippen LogP contribution in [0.15, 0.2) is 0 Å². The number of likely N-dealkylation sites (N-methyl/N-ethyl adjacent to an activating group) is 1. The van der Waals surface area contributed by atoms with Crippen molar-refractivity contribution in [1.82, 2.24) is 9.80 Å². The quantitative estimate of drug-likeness (QED) is 0.680. The maximum absolute atomic E-state index is 11.8. The van der Waals surface area contributed by atoms with Gasteiger partial charge in [-0.15, -0.1) is 0 Å². The molecule has 90 valence electrons. The number of carbonyl (C=O) groups excluding carboxylic acids is 1. The van der Waals surface area contributed by atoms with E-state index in [1.807, 2.05) is 6.07 Å². The Kier molecular flexibility index (Phi) is 5.23. The van der Waals surface area contributed by atoms with E-state index in [1.165, 1.54) is 0 Å². The summed E-state index contributed by atoms with van der Waals surface area (Å²) < 4.78 is 5.31. The fraction of sp³-hybridized carbons (Fsp3) is 0.818. The SMILES string of the molecule is CC1COCCN1CC(=O)N(C)CCC#N. The molecule has 1 heterocycles. The first-order valence-electron chi connectivity index (χ1n) is 5.58. The van der Waals surface area contributed by atoms with Crippen molar-refractivity contribution in [3.63, 3.8) is 0 Å². The van der Waals surface area contributed by atoms with Crippen LogP contribution in [-0.2, 0) is 9.53 Å². The van der Waals surface area contributed by atoms with Gasteiger partial charge < -0.3 is 9.64 Å². The molecular weight excluding hydrogens is 206 g/mol. The van der Waals surface area contributed by atoms with Crippen LogP contribution >= 0.6 is 0 Å². The molecule has 0 aromatic rings. The Hall–Kier alpha value is -1.12.